The van der Waals surface area contributed by atoms with Crippen molar-refractivity contribution in [1.29, 1.82) is 0 Å². The van der Waals surface area contributed by atoms with Crippen LogP contribution in [0.4, 0.5) is 13.2 Å². The lowest BCUT2D eigenvalue weighted by Gasteiger charge is -2.09. The largest absolute Gasteiger partial charge is 0.416 e. The Morgan fingerprint density at radius 1 is 1.05 bits per heavy atom. The van der Waals surface area contributed by atoms with E-state index in [0.29, 0.717) is 0 Å². The Labute approximate surface area is 111 Å². The first-order chi connectivity index (χ1) is 8.88. The minimum absolute atomic E-state index is 0.106. The van der Waals surface area contributed by atoms with Crippen molar-refractivity contribution in [3.63, 3.8) is 0 Å². The van der Waals surface area contributed by atoms with Crippen molar-refractivity contribution in [2.24, 2.45) is 0 Å². The van der Waals surface area contributed by atoms with Crippen molar-refractivity contribution < 1.29 is 18.0 Å². The number of pyridine rings is 1. The fourth-order valence-electron chi connectivity index (χ4n) is 1.55. The highest BCUT2D eigenvalue weighted by atomic mass is 35.5. The molecule has 0 fully saturated rings. The van der Waals surface area contributed by atoms with Gasteiger partial charge in [-0.05, 0) is 30.3 Å². The molecule has 98 valence electrons. The zero-order chi connectivity index (χ0) is 14.0. The molecule has 1 heterocycles. The van der Waals surface area contributed by atoms with Crippen molar-refractivity contribution in [3.8, 4) is 0 Å². The van der Waals surface area contributed by atoms with Gasteiger partial charge in [-0.1, -0.05) is 11.6 Å². The second kappa shape index (κ2) is 5.01. The number of halogens is 4. The summed E-state index contributed by atoms with van der Waals surface area (Å²) in [5.41, 5.74) is -0.797. The molecule has 2 aromatic rings. The van der Waals surface area contributed by atoms with E-state index < -0.39 is 17.5 Å². The van der Waals surface area contributed by atoms with E-state index in [-0.39, 0.29) is 16.1 Å². The van der Waals surface area contributed by atoms with Gasteiger partial charge >= 0.3 is 6.18 Å². The number of nitrogens with zero attached hydrogens (tertiary/aromatic N) is 1. The van der Waals surface area contributed by atoms with E-state index in [2.05, 4.69) is 4.98 Å². The Hall–Kier alpha value is -1.88. The van der Waals surface area contributed by atoms with Crippen molar-refractivity contribution in [2.75, 3.05) is 0 Å². The third-order valence-electron chi connectivity index (χ3n) is 2.43. The van der Waals surface area contributed by atoms with Gasteiger partial charge < -0.3 is 0 Å². The van der Waals surface area contributed by atoms with E-state index in [0.717, 1.165) is 12.1 Å². The molecule has 0 aliphatic carbocycles. The molecular weight excluding hydrogens is 279 g/mol. The number of aromatic nitrogens is 1. The summed E-state index contributed by atoms with van der Waals surface area (Å²) in [6.45, 7) is 0. The second-order valence-electron chi connectivity index (χ2n) is 3.79. The van der Waals surface area contributed by atoms with Crippen molar-refractivity contribution >= 4 is 17.4 Å². The van der Waals surface area contributed by atoms with Gasteiger partial charge in [0.15, 0.2) is 5.78 Å². The van der Waals surface area contributed by atoms with Crippen LogP contribution in [0.1, 0.15) is 21.5 Å². The highest BCUT2D eigenvalue weighted by Gasteiger charge is 2.31. The van der Waals surface area contributed by atoms with Crippen LogP contribution in [-0.4, -0.2) is 10.8 Å². The fraction of sp³-hybridized carbons (Fsp3) is 0.0769. The summed E-state index contributed by atoms with van der Waals surface area (Å²) in [4.78, 5) is 15.8. The van der Waals surface area contributed by atoms with Crippen LogP contribution >= 0.6 is 11.6 Å². The summed E-state index contributed by atoms with van der Waals surface area (Å²) in [5, 5.41) is -0.132. The lowest BCUT2D eigenvalue weighted by atomic mass is 10.0. The van der Waals surface area contributed by atoms with Crippen molar-refractivity contribution in [2.45, 2.75) is 6.18 Å². The summed E-state index contributed by atoms with van der Waals surface area (Å²) in [5.74, 6) is -0.532. The molecule has 2 nitrogen and oxygen atoms in total. The van der Waals surface area contributed by atoms with Gasteiger partial charge in [0, 0.05) is 28.5 Å². The van der Waals surface area contributed by atoms with Crippen LogP contribution in [0.5, 0.6) is 0 Å². The smallest absolute Gasteiger partial charge is 0.289 e. The van der Waals surface area contributed by atoms with Gasteiger partial charge in [0.1, 0.15) is 0 Å². The Kier molecular flexibility index (Phi) is 3.57. The standard InChI is InChI=1S/C13H7ClF3NO/c14-11-6-9(5-10(7-11)13(15,16)17)12(19)8-1-3-18-4-2-8/h1-7H. The number of ketones is 1. The molecule has 0 atom stereocenters. The molecule has 0 spiro atoms. The van der Waals surface area contributed by atoms with E-state index in [1.807, 2.05) is 0 Å². The normalized spacial score (nSPS) is 11.4. The molecule has 0 unspecified atom stereocenters. The molecule has 0 amide bonds. The Balaban J connectivity index is 2.46. The van der Waals surface area contributed by atoms with Gasteiger partial charge in [-0.15, -0.1) is 0 Å². The first-order valence-electron chi connectivity index (χ1n) is 5.20. The molecule has 0 saturated heterocycles. The van der Waals surface area contributed by atoms with Gasteiger partial charge in [0.25, 0.3) is 0 Å². The van der Waals surface area contributed by atoms with Crippen molar-refractivity contribution in [3.05, 3.63) is 64.4 Å². The Morgan fingerprint density at radius 3 is 2.26 bits per heavy atom. The number of alkyl halides is 3. The summed E-state index contributed by atoms with van der Waals surface area (Å²) < 4.78 is 37.9. The van der Waals surface area contributed by atoms with Crippen LogP contribution in [0.2, 0.25) is 5.02 Å². The van der Waals surface area contributed by atoms with E-state index in [9.17, 15) is 18.0 Å². The lowest BCUT2D eigenvalue weighted by Crippen LogP contribution is -2.08. The van der Waals surface area contributed by atoms with Gasteiger partial charge in [0.2, 0.25) is 0 Å². The third kappa shape index (κ3) is 3.12. The number of carbonyl (C=O) groups excluding carboxylic acids is 1. The Morgan fingerprint density at radius 2 is 1.68 bits per heavy atom. The maximum absolute atomic E-state index is 12.6. The van der Waals surface area contributed by atoms with E-state index >= 15 is 0 Å². The molecule has 0 aliphatic heterocycles. The highest BCUT2D eigenvalue weighted by Crippen LogP contribution is 2.32. The quantitative estimate of drug-likeness (QED) is 0.781. The zero-order valence-corrected chi connectivity index (χ0v) is 10.2. The summed E-state index contributed by atoms with van der Waals surface area (Å²) in [7, 11) is 0. The monoisotopic (exact) mass is 285 g/mol. The highest BCUT2D eigenvalue weighted by molar-refractivity contribution is 6.31. The molecule has 6 heteroatoms. The first-order valence-corrected chi connectivity index (χ1v) is 5.58. The maximum atomic E-state index is 12.6. The first kappa shape index (κ1) is 13.5. The SMILES string of the molecule is O=C(c1ccncc1)c1cc(Cl)cc(C(F)(F)F)c1. The van der Waals surface area contributed by atoms with E-state index in [1.54, 1.807) is 0 Å². The van der Waals surface area contributed by atoms with Crippen molar-refractivity contribution in [1.82, 2.24) is 4.98 Å². The second-order valence-corrected chi connectivity index (χ2v) is 4.23. The molecule has 0 saturated carbocycles. The van der Waals surface area contributed by atoms with Gasteiger partial charge in [-0.2, -0.15) is 13.2 Å². The average molecular weight is 286 g/mol. The van der Waals surface area contributed by atoms with Crippen LogP contribution in [0.15, 0.2) is 42.7 Å². The molecule has 19 heavy (non-hydrogen) atoms. The van der Waals surface area contributed by atoms with Crippen LogP contribution in [-0.2, 0) is 6.18 Å². The minimum atomic E-state index is -4.54. The topological polar surface area (TPSA) is 30.0 Å². The zero-order valence-electron chi connectivity index (χ0n) is 9.41. The van der Waals surface area contributed by atoms with Crippen LogP contribution < -0.4 is 0 Å². The average Bonchev–Trinajstić information content (AvgIpc) is 2.37. The molecule has 2 rings (SSSR count). The van der Waals surface area contributed by atoms with Crippen LogP contribution in [0, 0.1) is 0 Å². The molecule has 1 aromatic carbocycles. The summed E-state index contributed by atoms with van der Waals surface area (Å²) in [6.07, 6.45) is -1.76. The lowest BCUT2D eigenvalue weighted by molar-refractivity contribution is -0.137. The van der Waals surface area contributed by atoms with Gasteiger partial charge in [-0.3, -0.25) is 9.78 Å². The summed E-state index contributed by atoms with van der Waals surface area (Å²) >= 11 is 5.62. The van der Waals surface area contributed by atoms with Gasteiger partial charge in [0.05, 0.1) is 5.56 Å². The number of benzene rings is 1. The van der Waals surface area contributed by atoms with Gasteiger partial charge in [-0.25, -0.2) is 0 Å². The van der Waals surface area contributed by atoms with Crippen LogP contribution in [0.25, 0.3) is 0 Å². The predicted octanol–water partition coefficient (Wildman–Crippen LogP) is 3.98. The maximum Gasteiger partial charge on any atom is 0.416 e. The number of hydrogen-bond acceptors (Lipinski definition) is 2. The summed E-state index contributed by atoms with van der Waals surface area (Å²) in [6, 6.07) is 5.63. The molecule has 0 bridgehead atoms. The number of rotatable bonds is 2. The van der Waals surface area contributed by atoms with Crippen LogP contribution in [0.3, 0.4) is 0 Å². The molecule has 0 N–H and O–H groups in total. The molecule has 0 aliphatic rings. The van der Waals surface area contributed by atoms with E-state index in [1.165, 1.54) is 30.6 Å². The molecular formula is C13H7ClF3NO. The minimum Gasteiger partial charge on any atom is -0.289 e. The van der Waals surface area contributed by atoms with E-state index in [4.69, 9.17) is 11.6 Å². The molecule has 1 aromatic heterocycles. The fourth-order valence-corrected chi connectivity index (χ4v) is 1.79. The third-order valence-corrected chi connectivity index (χ3v) is 2.65. The molecule has 0 radical (unpaired) electrons. The predicted molar refractivity (Wildman–Crippen MR) is 64.1 cm³/mol. The Bertz CT molecular complexity index is 611. The number of hydrogen-bond donors (Lipinski definition) is 0. The number of carbonyl (C=O) groups is 1.